The van der Waals surface area contributed by atoms with Gasteiger partial charge in [-0.15, -0.1) is 10.2 Å². The summed E-state index contributed by atoms with van der Waals surface area (Å²) in [5.74, 6) is 0.364. The third-order valence-electron chi connectivity index (χ3n) is 4.06. The van der Waals surface area contributed by atoms with Gasteiger partial charge in [-0.1, -0.05) is 25.1 Å². The Morgan fingerprint density at radius 2 is 2.50 bits per heavy atom. The van der Waals surface area contributed by atoms with Crippen LogP contribution in [-0.4, -0.2) is 43.7 Å². The lowest BCUT2D eigenvalue weighted by molar-refractivity contribution is -0.146. The molecule has 2 N–H and O–H groups in total. The van der Waals surface area contributed by atoms with Crippen LogP contribution in [0, 0.1) is 5.92 Å². The summed E-state index contributed by atoms with van der Waals surface area (Å²) >= 11 is 1.64. The third-order valence-corrected chi connectivity index (χ3v) is 5.13. The van der Waals surface area contributed by atoms with Crippen LogP contribution < -0.4 is 5.32 Å². The number of nitrogens with one attached hydrogen (secondary N) is 1. The maximum Gasteiger partial charge on any atom is 0.324 e. The van der Waals surface area contributed by atoms with Crippen molar-refractivity contribution in [3.05, 3.63) is 6.33 Å². The fourth-order valence-electron chi connectivity index (χ4n) is 3.07. The van der Waals surface area contributed by atoms with E-state index in [1.54, 1.807) is 18.1 Å². The second kappa shape index (κ2) is 6.58. The Bertz CT molecular complexity index is 465. The Hall–Kier alpha value is -1.08. The first-order valence-electron chi connectivity index (χ1n) is 7.05. The normalized spacial score (nSPS) is 26.0. The summed E-state index contributed by atoms with van der Waals surface area (Å²) < 4.78 is 1.88. The monoisotopic (exact) mass is 298 g/mol. The average molecular weight is 298 g/mol. The molecule has 1 heterocycles. The summed E-state index contributed by atoms with van der Waals surface area (Å²) in [5, 5.41) is 21.6. The number of likely N-dealkylation sites (N-methyl/N-ethyl adjacent to an activating group) is 1. The number of hydrogen-bond acceptors (Lipinski definition) is 5. The molecule has 0 spiro atoms. The fourth-order valence-corrected chi connectivity index (χ4v) is 4.01. The number of aliphatic carboxylic acids is 1. The van der Waals surface area contributed by atoms with E-state index < -0.39 is 11.5 Å². The summed E-state index contributed by atoms with van der Waals surface area (Å²) in [6.45, 7) is 2.66. The maximum absolute atomic E-state index is 11.7. The van der Waals surface area contributed by atoms with Gasteiger partial charge in [-0.3, -0.25) is 4.79 Å². The van der Waals surface area contributed by atoms with Gasteiger partial charge >= 0.3 is 5.97 Å². The topological polar surface area (TPSA) is 80.0 Å². The fraction of sp³-hybridized carbons (Fsp3) is 0.769. The molecule has 0 amide bonds. The largest absolute Gasteiger partial charge is 0.480 e. The lowest BCUT2D eigenvalue weighted by Gasteiger charge is -2.32. The summed E-state index contributed by atoms with van der Waals surface area (Å²) in [7, 11) is 1.91. The first kappa shape index (κ1) is 15.3. The predicted molar refractivity (Wildman–Crippen MR) is 77.7 cm³/mol. The molecule has 6 nitrogen and oxygen atoms in total. The van der Waals surface area contributed by atoms with Crippen molar-refractivity contribution in [2.24, 2.45) is 13.0 Å². The van der Waals surface area contributed by atoms with Gasteiger partial charge < -0.3 is 15.0 Å². The van der Waals surface area contributed by atoms with Crippen molar-refractivity contribution in [1.82, 2.24) is 20.1 Å². The minimum absolute atomic E-state index is 0.195. The number of carboxylic acids is 1. The van der Waals surface area contributed by atoms with E-state index in [0.717, 1.165) is 36.6 Å². The van der Waals surface area contributed by atoms with Gasteiger partial charge in [0.2, 0.25) is 0 Å². The molecule has 1 fully saturated rings. The molecular weight excluding hydrogens is 276 g/mol. The highest BCUT2D eigenvalue weighted by atomic mass is 32.2. The van der Waals surface area contributed by atoms with Crippen LogP contribution in [0.15, 0.2) is 11.5 Å². The molecule has 0 aliphatic heterocycles. The van der Waals surface area contributed by atoms with Crippen LogP contribution in [-0.2, 0) is 11.8 Å². The second-order valence-electron chi connectivity index (χ2n) is 5.26. The maximum atomic E-state index is 11.7. The van der Waals surface area contributed by atoms with E-state index in [1.165, 1.54) is 0 Å². The molecule has 0 aromatic carbocycles. The SMILES string of the molecule is CCNC1(C(=O)O)CCCC1CCSc1nncn1C. The number of hydrogen-bond donors (Lipinski definition) is 2. The third kappa shape index (κ3) is 2.98. The molecule has 112 valence electrons. The zero-order valence-corrected chi connectivity index (χ0v) is 12.8. The van der Waals surface area contributed by atoms with E-state index in [1.807, 2.05) is 18.5 Å². The van der Waals surface area contributed by atoms with E-state index >= 15 is 0 Å². The minimum Gasteiger partial charge on any atom is -0.480 e. The highest BCUT2D eigenvalue weighted by Gasteiger charge is 2.48. The number of aryl methyl sites for hydroxylation is 1. The van der Waals surface area contributed by atoms with Crippen LogP contribution in [0.4, 0.5) is 0 Å². The standard InChI is InChI=1S/C13H22N4O2S/c1-3-14-13(11(18)19)7-4-5-10(13)6-8-20-12-16-15-9-17(12)2/h9-10,14H,3-8H2,1-2H3,(H,18,19). The van der Waals surface area contributed by atoms with Crippen LogP contribution in [0.2, 0.25) is 0 Å². The van der Waals surface area contributed by atoms with Crippen molar-refractivity contribution in [1.29, 1.82) is 0 Å². The summed E-state index contributed by atoms with van der Waals surface area (Å²) in [6.07, 6.45) is 5.27. The van der Waals surface area contributed by atoms with E-state index in [4.69, 9.17) is 0 Å². The molecule has 1 aromatic rings. The number of aromatic nitrogens is 3. The van der Waals surface area contributed by atoms with Gasteiger partial charge in [-0.05, 0) is 31.7 Å². The van der Waals surface area contributed by atoms with Crippen molar-refractivity contribution in [2.75, 3.05) is 12.3 Å². The van der Waals surface area contributed by atoms with Gasteiger partial charge in [0, 0.05) is 12.8 Å². The van der Waals surface area contributed by atoms with Crippen molar-refractivity contribution >= 4 is 17.7 Å². The van der Waals surface area contributed by atoms with Crippen LogP contribution >= 0.6 is 11.8 Å². The molecule has 1 aliphatic rings. The molecular formula is C13H22N4O2S. The lowest BCUT2D eigenvalue weighted by Crippen LogP contribution is -2.54. The summed E-state index contributed by atoms with van der Waals surface area (Å²) in [5.41, 5.74) is -0.727. The van der Waals surface area contributed by atoms with Crippen molar-refractivity contribution in [3.8, 4) is 0 Å². The molecule has 0 radical (unpaired) electrons. The van der Waals surface area contributed by atoms with E-state index in [2.05, 4.69) is 15.5 Å². The smallest absolute Gasteiger partial charge is 0.324 e. The molecule has 0 bridgehead atoms. The number of thioether (sulfide) groups is 1. The van der Waals surface area contributed by atoms with Crippen molar-refractivity contribution < 1.29 is 9.90 Å². The first-order valence-corrected chi connectivity index (χ1v) is 8.04. The summed E-state index contributed by atoms with van der Waals surface area (Å²) in [6, 6.07) is 0. The minimum atomic E-state index is -0.727. The molecule has 20 heavy (non-hydrogen) atoms. The molecule has 1 saturated carbocycles. The molecule has 2 rings (SSSR count). The Morgan fingerprint density at radius 3 is 3.10 bits per heavy atom. The highest BCUT2D eigenvalue weighted by molar-refractivity contribution is 7.99. The van der Waals surface area contributed by atoms with Gasteiger partial charge in [0.05, 0.1) is 0 Å². The van der Waals surface area contributed by atoms with E-state index in [0.29, 0.717) is 6.54 Å². The van der Waals surface area contributed by atoms with E-state index in [-0.39, 0.29) is 5.92 Å². The Balaban J connectivity index is 1.94. The zero-order valence-electron chi connectivity index (χ0n) is 12.0. The van der Waals surface area contributed by atoms with Gasteiger partial charge in [-0.25, -0.2) is 0 Å². The van der Waals surface area contributed by atoms with Crippen LogP contribution in [0.25, 0.3) is 0 Å². The molecule has 7 heteroatoms. The van der Waals surface area contributed by atoms with Crippen molar-refractivity contribution in [3.63, 3.8) is 0 Å². The molecule has 2 atom stereocenters. The predicted octanol–water partition coefficient (Wildman–Crippen LogP) is 1.53. The Labute approximate surface area is 123 Å². The van der Waals surface area contributed by atoms with Crippen LogP contribution in [0.5, 0.6) is 0 Å². The molecule has 2 unspecified atom stereocenters. The lowest BCUT2D eigenvalue weighted by atomic mass is 9.85. The number of rotatable bonds is 7. The Morgan fingerprint density at radius 1 is 1.70 bits per heavy atom. The van der Waals surface area contributed by atoms with Crippen molar-refractivity contribution in [2.45, 2.75) is 43.3 Å². The zero-order chi connectivity index (χ0) is 14.6. The quantitative estimate of drug-likeness (QED) is 0.743. The number of carbonyl (C=O) groups is 1. The van der Waals surface area contributed by atoms with Gasteiger partial charge in [-0.2, -0.15) is 0 Å². The van der Waals surface area contributed by atoms with E-state index in [9.17, 15) is 9.90 Å². The highest BCUT2D eigenvalue weighted by Crippen LogP contribution is 2.39. The second-order valence-corrected chi connectivity index (χ2v) is 6.32. The summed E-state index contributed by atoms with van der Waals surface area (Å²) in [4.78, 5) is 11.7. The molecule has 0 saturated heterocycles. The number of carboxylic acid groups (broad SMARTS) is 1. The Kier molecular flexibility index (Phi) is 5.04. The van der Waals surface area contributed by atoms with Gasteiger partial charge in [0.15, 0.2) is 5.16 Å². The van der Waals surface area contributed by atoms with Gasteiger partial charge in [0.25, 0.3) is 0 Å². The number of nitrogens with zero attached hydrogens (tertiary/aromatic N) is 3. The molecule has 1 aliphatic carbocycles. The average Bonchev–Trinajstić information content (AvgIpc) is 2.99. The molecule has 1 aromatic heterocycles. The van der Waals surface area contributed by atoms with Crippen LogP contribution in [0.1, 0.15) is 32.6 Å². The van der Waals surface area contributed by atoms with Crippen LogP contribution in [0.3, 0.4) is 0 Å². The first-order chi connectivity index (χ1) is 9.60. The van der Waals surface area contributed by atoms with Gasteiger partial charge in [0.1, 0.15) is 11.9 Å².